The van der Waals surface area contributed by atoms with Crippen molar-refractivity contribution >= 4 is 23.4 Å². The molecule has 1 heterocycles. The van der Waals surface area contributed by atoms with Crippen molar-refractivity contribution in [1.82, 2.24) is 10.6 Å². The molecular formula is C28H27F2N3O3. The monoisotopic (exact) mass is 491 g/mol. The van der Waals surface area contributed by atoms with Crippen molar-refractivity contribution in [3.05, 3.63) is 89.5 Å². The van der Waals surface area contributed by atoms with Gasteiger partial charge in [-0.1, -0.05) is 55.8 Å². The van der Waals surface area contributed by atoms with Gasteiger partial charge in [-0.3, -0.25) is 14.4 Å². The molecule has 186 valence electrons. The molecule has 0 aromatic heterocycles. The summed E-state index contributed by atoms with van der Waals surface area (Å²) in [4.78, 5) is 41.3. The number of fused-ring (bicyclic) bond motifs is 3. The number of nitrogens with one attached hydrogen (secondary N) is 2. The fourth-order valence-electron chi connectivity index (χ4n) is 4.51. The number of amides is 3. The van der Waals surface area contributed by atoms with Crippen molar-refractivity contribution in [2.24, 2.45) is 5.92 Å². The molecule has 3 amide bonds. The lowest BCUT2D eigenvalue weighted by atomic mass is 9.94. The van der Waals surface area contributed by atoms with Crippen molar-refractivity contribution in [3.8, 4) is 11.1 Å². The lowest BCUT2D eigenvalue weighted by molar-refractivity contribution is -0.137. The van der Waals surface area contributed by atoms with Gasteiger partial charge in [-0.15, -0.1) is 0 Å². The fourth-order valence-corrected chi connectivity index (χ4v) is 4.51. The number of likely N-dealkylation sites (N-methyl/N-ethyl adjacent to an activating group) is 1. The van der Waals surface area contributed by atoms with E-state index in [9.17, 15) is 23.2 Å². The summed E-state index contributed by atoms with van der Waals surface area (Å²) < 4.78 is 27.0. The van der Waals surface area contributed by atoms with E-state index in [4.69, 9.17) is 0 Å². The zero-order valence-corrected chi connectivity index (χ0v) is 20.1. The van der Waals surface area contributed by atoms with Crippen molar-refractivity contribution in [2.75, 3.05) is 11.9 Å². The first-order valence-electron chi connectivity index (χ1n) is 11.8. The molecule has 1 aliphatic rings. The van der Waals surface area contributed by atoms with E-state index < -0.39 is 35.4 Å². The topological polar surface area (TPSA) is 78.5 Å². The van der Waals surface area contributed by atoms with Crippen molar-refractivity contribution < 1.29 is 23.2 Å². The zero-order valence-electron chi connectivity index (χ0n) is 20.1. The molecule has 3 aromatic carbocycles. The number of rotatable bonds is 7. The summed E-state index contributed by atoms with van der Waals surface area (Å²) in [5, 5.41) is 5.39. The Morgan fingerprint density at radius 3 is 2.28 bits per heavy atom. The predicted octanol–water partition coefficient (Wildman–Crippen LogP) is 4.50. The maximum atomic E-state index is 13.5. The lowest BCUT2D eigenvalue weighted by Crippen LogP contribution is -2.46. The summed E-state index contributed by atoms with van der Waals surface area (Å²) in [5.41, 5.74) is 3.28. The van der Waals surface area contributed by atoms with Gasteiger partial charge in [0, 0.05) is 25.2 Å². The minimum absolute atomic E-state index is 0.135. The first kappa shape index (κ1) is 25.0. The molecule has 0 saturated heterocycles. The molecule has 0 unspecified atom stereocenters. The van der Waals surface area contributed by atoms with Crippen molar-refractivity contribution in [3.63, 3.8) is 0 Å². The summed E-state index contributed by atoms with van der Waals surface area (Å²) in [5.74, 6) is -4.08. The maximum Gasteiger partial charge on any atom is 0.253 e. The molecule has 4 rings (SSSR count). The summed E-state index contributed by atoms with van der Waals surface area (Å²) in [6.07, 6.45) is 0.786. The molecule has 1 aliphatic heterocycles. The molecule has 3 aromatic rings. The third kappa shape index (κ3) is 5.12. The van der Waals surface area contributed by atoms with Gasteiger partial charge in [-0.25, -0.2) is 8.78 Å². The molecule has 0 spiro atoms. The molecule has 2 atom stereocenters. The van der Waals surface area contributed by atoms with E-state index in [0.717, 1.165) is 35.0 Å². The van der Waals surface area contributed by atoms with E-state index in [-0.39, 0.29) is 24.4 Å². The normalized spacial score (nSPS) is 15.4. The van der Waals surface area contributed by atoms with Gasteiger partial charge in [-0.05, 0) is 41.3 Å². The van der Waals surface area contributed by atoms with Crippen LogP contribution in [0.5, 0.6) is 0 Å². The number of hydrogen-bond acceptors (Lipinski definition) is 3. The predicted molar refractivity (Wildman–Crippen MR) is 133 cm³/mol. The Bertz CT molecular complexity index is 1290. The second-order valence-corrected chi connectivity index (χ2v) is 8.78. The van der Waals surface area contributed by atoms with Gasteiger partial charge in [0.05, 0.1) is 5.69 Å². The largest absolute Gasteiger partial charge is 0.351 e. The van der Waals surface area contributed by atoms with Gasteiger partial charge >= 0.3 is 0 Å². The van der Waals surface area contributed by atoms with Gasteiger partial charge in [0.15, 0.2) is 0 Å². The number of carbonyl (C=O) groups is 3. The summed E-state index contributed by atoms with van der Waals surface area (Å²) >= 11 is 0. The quantitative estimate of drug-likeness (QED) is 0.478. The van der Waals surface area contributed by atoms with Crippen molar-refractivity contribution in [1.29, 1.82) is 0 Å². The smallest absolute Gasteiger partial charge is 0.253 e. The molecule has 0 radical (unpaired) electrons. The molecule has 0 aliphatic carbocycles. The minimum Gasteiger partial charge on any atom is -0.351 e. The Hall–Kier alpha value is -4.07. The van der Waals surface area contributed by atoms with E-state index >= 15 is 0 Å². The highest BCUT2D eigenvalue weighted by molar-refractivity contribution is 6.07. The van der Waals surface area contributed by atoms with Crippen LogP contribution in [0.4, 0.5) is 14.5 Å². The van der Waals surface area contributed by atoms with Gasteiger partial charge < -0.3 is 15.5 Å². The highest BCUT2D eigenvalue weighted by atomic mass is 19.1. The fraction of sp³-hybridized carbons (Fsp3) is 0.250. The third-order valence-corrected chi connectivity index (χ3v) is 6.29. The maximum absolute atomic E-state index is 13.5. The van der Waals surface area contributed by atoms with Crippen LogP contribution in [-0.2, 0) is 20.9 Å². The van der Waals surface area contributed by atoms with Gasteiger partial charge in [0.1, 0.15) is 23.6 Å². The SMILES string of the molecule is CCC[C@@H](C(=O)NCc1cc(F)cc(F)c1)C(=O)N[C@H]1C(=O)N(C)c2ccccc2-c2ccccc21. The second-order valence-electron chi connectivity index (χ2n) is 8.78. The Balaban J connectivity index is 1.57. The molecule has 6 nitrogen and oxygen atoms in total. The van der Waals surface area contributed by atoms with Crippen LogP contribution in [0, 0.1) is 17.6 Å². The first-order valence-corrected chi connectivity index (χ1v) is 11.8. The summed E-state index contributed by atoms with van der Waals surface area (Å²) in [6.45, 7) is 1.70. The van der Waals surface area contributed by atoms with Crippen LogP contribution in [-0.4, -0.2) is 24.8 Å². The van der Waals surface area contributed by atoms with Crippen LogP contribution in [0.15, 0.2) is 66.7 Å². The lowest BCUT2D eigenvalue weighted by Gasteiger charge is -2.25. The Labute approximate surface area is 208 Å². The van der Waals surface area contributed by atoms with Gasteiger partial charge in [0.2, 0.25) is 11.8 Å². The molecule has 0 saturated carbocycles. The van der Waals surface area contributed by atoms with Crippen LogP contribution in [0.1, 0.15) is 36.9 Å². The highest BCUT2D eigenvalue weighted by Gasteiger charge is 2.36. The van der Waals surface area contributed by atoms with Crippen LogP contribution in [0.2, 0.25) is 0 Å². The molecule has 2 N–H and O–H groups in total. The average Bonchev–Trinajstić information content (AvgIpc) is 2.95. The average molecular weight is 492 g/mol. The van der Waals surface area contributed by atoms with E-state index in [1.165, 1.54) is 4.90 Å². The zero-order chi connectivity index (χ0) is 25.8. The van der Waals surface area contributed by atoms with Gasteiger partial charge in [-0.2, -0.15) is 0 Å². The molecule has 0 fully saturated rings. The standard InChI is InChI=1S/C28H27F2N3O3/c1-3-8-23(26(34)31-16-17-13-18(29)15-19(30)14-17)27(35)32-25-22-11-5-4-9-20(22)21-10-6-7-12-24(21)33(2)28(25)36/h4-7,9-15,23,25H,3,8,16H2,1-2H3,(H,31,34)(H,32,35)/t23-,25+/m0/s1. The number of benzene rings is 3. The van der Waals surface area contributed by atoms with Crippen LogP contribution < -0.4 is 15.5 Å². The molecule has 8 heteroatoms. The number of para-hydroxylation sites is 1. The number of carbonyl (C=O) groups excluding carboxylic acids is 3. The Morgan fingerprint density at radius 1 is 0.944 bits per heavy atom. The van der Waals surface area contributed by atoms with Crippen molar-refractivity contribution in [2.45, 2.75) is 32.4 Å². The van der Waals surface area contributed by atoms with Crippen LogP contribution >= 0.6 is 0 Å². The Kier molecular flexibility index (Phi) is 7.43. The number of anilines is 1. The molecule has 0 bridgehead atoms. The number of hydrogen-bond donors (Lipinski definition) is 2. The number of nitrogens with zero attached hydrogens (tertiary/aromatic N) is 1. The van der Waals surface area contributed by atoms with Crippen LogP contribution in [0.25, 0.3) is 11.1 Å². The van der Waals surface area contributed by atoms with E-state index in [1.807, 2.05) is 43.3 Å². The highest BCUT2D eigenvalue weighted by Crippen LogP contribution is 2.39. The molecular weight excluding hydrogens is 464 g/mol. The van der Waals surface area contributed by atoms with Crippen LogP contribution in [0.3, 0.4) is 0 Å². The summed E-state index contributed by atoms with van der Waals surface area (Å²) in [7, 11) is 1.65. The van der Waals surface area contributed by atoms with Gasteiger partial charge in [0.25, 0.3) is 5.91 Å². The van der Waals surface area contributed by atoms with E-state index in [0.29, 0.717) is 12.0 Å². The summed E-state index contributed by atoms with van der Waals surface area (Å²) in [6, 6.07) is 16.8. The number of halogens is 2. The van der Waals surface area contributed by atoms with E-state index in [1.54, 1.807) is 19.2 Å². The third-order valence-electron chi connectivity index (χ3n) is 6.29. The minimum atomic E-state index is -1.08. The second kappa shape index (κ2) is 10.7. The Morgan fingerprint density at radius 2 is 1.58 bits per heavy atom. The van der Waals surface area contributed by atoms with E-state index in [2.05, 4.69) is 10.6 Å². The first-order chi connectivity index (χ1) is 17.3. The molecule has 36 heavy (non-hydrogen) atoms.